The Labute approximate surface area is 176 Å². The van der Waals surface area contributed by atoms with Crippen LogP contribution in [0.3, 0.4) is 0 Å². The number of amides is 3. The molecule has 2 aromatic rings. The van der Waals surface area contributed by atoms with Gasteiger partial charge in [-0.05, 0) is 50.1 Å². The van der Waals surface area contributed by atoms with Crippen LogP contribution in [0, 0.1) is 6.92 Å². The van der Waals surface area contributed by atoms with E-state index in [1.807, 2.05) is 39.0 Å². The van der Waals surface area contributed by atoms with Gasteiger partial charge >= 0.3 is 0 Å². The molecule has 0 aliphatic carbocycles. The highest BCUT2D eigenvalue weighted by molar-refractivity contribution is 6.44. The zero-order chi connectivity index (χ0) is 21.7. The van der Waals surface area contributed by atoms with Crippen molar-refractivity contribution in [2.45, 2.75) is 46.1 Å². The Balaban J connectivity index is 1.81. The van der Waals surface area contributed by atoms with Crippen LogP contribution in [0.5, 0.6) is 0 Å². The Morgan fingerprint density at radius 3 is 2.60 bits per heavy atom. The number of hydrogen-bond donors (Lipinski definition) is 2. The highest BCUT2D eigenvalue weighted by atomic mass is 16.2. The van der Waals surface area contributed by atoms with Gasteiger partial charge in [0.2, 0.25) is 5.91 Å². The minimum Gasteiger partial charge on any atom is -0.350 e. The van der Waals surface area contributed by atoms with Gasteiger partial charge in [0.05, 0.1) is 16.9 Å². The van der Waals surface area contributed by atoms with Crippen molar-refractivity contribution in [2.24, 2.45) is 5.10 Å². The highest BCUT2D eigenvalue weighted by Gasteiger charge is 2.26. The number of carbonyl (C=O) groups is 3. The van der Waals surface area contributed by atoms with Crippen LogP contribution < -0.4 is 15.6 Å². The molecule has 0 saturated carbocycles. The molecule has 0 unspecified atom stereocenters. The van der Waals surface area contributed by atoms with Crippen LogP contribution in [0.2, 0.25) is 0 Å². The van der Waals surface area contributed by atoms with Gasteiger partial charge in [0.15, 0.2) is 0 Å². The standard InChI is InChI=1S/C23H26N4O3/c1-4-16(3)24-22(29)18-10-5-6-11-19(18)25-23(30)20-12-13-21(28)27(26-20)17-9-7-8-15(2)14-17/h5-11,14,16H,4,12-13H2,1-3H3,(H,24,29)(H,25,30)/t16-/m1/s1. The summed E-state index contributed by atoms with van der Waals surface area (Å²) in [5.41, 5.74) is 2.65. The first kappa shape index (κ1) is 21.2. The lowest BCUT2D eigenvalue weighted by atomic mass is 10.1. The lowest BCUT2D eigenvalue weighted by Crippen LogP contribution is -2.37. The zero-order valence-electron chi connectivity index (χ0n) is 17.4. The van der Waals surface area contributed by atoms with E-state index in [9.17, 15) is 14.4 Å². The number of hydrogen-bond acceptors (Lipinski definition) is 4. The number of carbonyl (C=O) groups excluding carboxylic acids is 3. The summed E-state index contributed by atoms with van der Waals surface area (Å²) in [5.74, 6) is -0.836. The van der Waals surface area contributed by atoms with Crippen LogP contribution in [0.15, 0.2) is 53.6 Å². The fraction of sp³-hybridized carbons (Fsp3) is 0.304. The molecule has 0 saturated heterocycles. The number of hydrazone groups is 1. The van der Waals surface area contributed by atoms with E-state index >= 15 is 0 Å². The number of nitrogens with zero attached hydrogens (tertiary/aromatic N) is 2. The van der Waals surface area contributed by atoms with Crippen LogP contribution >= 0.6 is 0 Å². The monoisotopic (exact) mass is 406 g/mol. The van der Waals surface area contributed by atoms with Crippen molar-refractivity contribution < 1.29 is 14.4 Å². The van der Waals surface area contributed by atoms with E-state index in [0.29, 0.717) is 16.9 Å². The molecule has 0 fully saturated rings. The van der Waals surface area contributed by atoms with Crippen molar-refractivity contribution in [1.82, 2.24) is 5.32 Å². The summed E-state index contributed by atoms with van der Waals surface area (Å²) < 4.78 is 0. The number of nitrogens with one attached hydrogen (secondary N) is 2. The van der Waals surface area contributed by atoms with Crippen molar-refractivity contribution in [3.8, 4) is 0 Å². The average molecular weight is 406 g/mol. The van der Waals surface area contributed by atoms with E-state index < -0.39 is 5.91 Å². The summed E-state index contributed by atoms with van der Waals surface area (Å²) in [6.07, 6.45) is 1.24. The average Bonchev–Trinajstić information content (AvgIpc) is 2.74. The second kappa shape index (κ2) is 9.35. The molecule has 0 spiro atoms. The van der Waals surface area contributed by atoms with Gasteiger partial charge in [-0.2, -0.15) is 5.10 Å². The van der Waals surface area contributed by atoms with Crippen LogP contribution in [0.25, 0.3) is 0 Å². The summed E-state index contributed by atoms with van der Waals surface area (Å²) in [5, 5.41) is 11.3. The summed E-state index contributed by atoms with van der Waals surface area (Å²) >= 11 is 0. The molecule has 1 heterocycles. The first-order valence-corrected chi connectivity index (χ1v) is 10.1. The van der Waals surface area contributed by atoms with Crippen LogP contribution in [-0.2, 0) is 9.59 Å². The molecule has 1 aliphatic rings. The third-order valence-electron chi connectivity index (χ3n) is 4.95. The Kier molecular flexibility index (Phi) is 6.61. The Morgan fingerprint density at radius 2 is 1.87 bits per heavy atom. The number of aryl methyl sites for hydroxylation is 1. The molecular weight excluding hydrogens is 380 g/mol. The molecule has 0 aromatic heterocycles. The minimum absolute atomic E-state index is 0.0258. The Hall–Kier alpha value is -3.48. The number of rotatable bonds is 6. The van der Waals surface area contributed by atoms with Gasteiger partial charge < -0.3 is 10.6 Å². The topological polar surface area (TPSA) is 90.9 Å². The minimum atomic E-state index is -0.427. The molecule has 3 rings (SSSR count). The van der Waals surface area contributed by atoms with E-state index in [4.69, 9.17) is 0 Å². The fourth-order valence-corrected chi connectivity index (χ4v) is 3.07. The van der Waals surface area contributed by atoms with E-state index in [-0.39, 0.29) is 36.4 Å². The van der Waals surface area contributed by atoms with Crippen LogP contribution in [0.1, 0.15) is 49.0 Å². The van der Waals surface area contributed by atoms with E-state index in [1.54, 1.807) is 30.3 Å². The fourth-order valence-electron chi connectivity index (χ4n) is 3.07. The molecule has 30 heavy (non-hydrogen) atoms. The molecule has 3 amide bonds. The van der Waals surface area contributed by atoms with Crippen molar-refractivity contribution in [3.63, 3.8) is 0 Å². The third-order valence-corrected chi connectivity index (χ3v) is 4.95. The molecular formula is C23H26N4O3. The SMILES string of the molecule is CC[C@@H](C)NC(=O)c1ccccc1NC(=O)C1=NN(c2cccc(C)c2)C(=O)CC1. The van der Waals surface area contributed by atoms with Gasteiger partial charge in [-0.1, -0.05) is 31.2 Å². The number of anilines is 2. The number of benzene rings is 2. The van der Waals surface area contributed by atoms with Crippen LogP contribution in [-0.4, -0.2) is 29.5 Å². The summed E-state index contributed by atoms with van der Waals surface area (Å²) in [6.45, 7) is 5.84. The summed E-state index contributed by atoms with van der Waals surface area (Å²) in [7, 11) is 0. The van der Waals surface area contributed by atoms with Gasteiger partial charge in [-0.3, -0.25) is 14.4 Å². The van der Waals surface area contributed by atoms with E-state index in [1.165, 1.54) is 5.01 Å². The predicted molar refractivity (Wildman–Crippen MR) is 118 cm³/mol. The molecule has 7 nitrogen and oxygen atoms in total. The predicted octanol–water partition coefficient (Wildman–Crippen LogP) is 3.64. The third kappa shape index (κ3) is 4.92. The second-order valence-corrected chi connectivity index (χ2v) is 7.37. The molecule has 0 bridgehead atoms. The second-order valence-electron chi connectivity index (χ2n) is 7.37. The molecule has 2 aromatic carbocycles. The molecule has 156 valence electrons. The van der Waals surface area contributed by atoms with Crippen molar-refractivity contribution in [2.75, 3.05) is 10.3 Å². The maximum atomic E-state index is 12.9. The van der Waals surface area contributed by atoms with Crippen molar-refractivity contribution >= 4 is 34.8 Å². The maximum absolute atomic E-state index is 12.9. The van der Waals surface area contributed by atoms with Crippen molar-refractivity contribution in [3.05, 3.63) is 59.7 Å². The lowest BCUT2D eigenvalue weighted by Gasteiger charge is -2.23. The van der Waals surface area contributed by atoms with Gasteiger partial charge in [0, 0.05) is 18.9 Å². The van der Waals surface area contributed by atoms with E-state index in [2.05, 4.69) is 15.7 Å². The first-order chi connectivity index (χ1) is 14.4. The molecule has 0 radical (unpaired) electrons. The van der Waals surface area contributed by atoms with Crippen LogP contribution in [0.4, 0.5) is 11.4 Å². The molecule has 1 aliphatic heterocycles. The zero-order valence-corrected chi connectivity index (χ0v) is 17.4. The van der Waals surface area contributed by atoms with E-state index in [0.717, 1.165) is 12.0 Å². The Morgan fingerprint density at radius 1 is 1.10 bits per heavy atom. The first-order valence-electron chi connectivity index (χ1n) is 10.1. The normalized spacial score (nSPS) is 14.7. The summed E-state index contributed by atoms with van der Waals surface area (Å²) in [4.78, 5) is 37.8. The smallest absolute Gasteiger partial charge is 0.271 e. The molecule has 2 N–H and O–H groups in total. The van der Waals surface area contributed by atoms with Gasteiger partial charge in [0.25, 0.3) is 11.8 Å². The quantitative estimate of drug-likeness (QED) is 0.767. The largest absolute Gasteiger partial charge is 0.350 e. The van der Waals surface area contributed by atoms with Gasteiger partial charge in [0.1, 0.15) is 5.71 Å². The maximum Gasteiger partial charge on any atom is 0.271 e. The van der Waals surface area contributed by atoms with Crippen molar-refractivity contribution in [1.29, 1.82) is 0 Å². The summed E-state index contributed by atoms with van der Waals surface area (Å²) in [6, 6.07) is 14.3. The number of para-hydroxylation sites is 1. The highest BCUT2D eigenvalue weighted by Crippen LogP contribution is 2.22. The Bertz CT molecular complexity index is 999. The molecule has 7 heteroatoms. The van der Waals surface area contributed by atoms with Gasteiger partial charge in [-0.25, -0.2) is 5.01 Å². The van der Waals surface area contributed by atoms with Gasteiger partial charge in [-0.15, -0.1) is 0 Å². The molecule has 1 atom stereocenters. The lowest BCUT2D eigenvalue weighted by molar-refractivity contribution is -0.118.